The fourth-order valence-corrected chi connectivity index (χ4v) is 4.06. The van der Waals surface area contributed by atoms with Gasteiger partial charge >= 0.3 is 0 Å². The number of rotatable bonds is 21. The summed E-state index contributed by atoms with van der Waals surface area (Å²) in [4.78, 5) is 15.0. The summed E-state index contributed by atoms with van der Waals surface area (Å²) in [6.07, 6.45) is 1.92. The Balaban J connectivity index is 2.00. The minimum Gasteiger partial charge on any atom is -0.379 e. The second kappa shape index (κ2) is 18.1. The van der Waals surface area contributed by atoms with Gasteiger partial charge in [0, 0.05) is 24.4 Å². The van der Waals surface area contributed by atoms with Crippen molar-refractivity contribution >= 4 is 15.7 Å². The number of sulfone groups is 1. The average Bonchev–Trinajstić information content (AvgIpc) is 2.85. The monoisotopic (exact) mass is 513 g/mol. The molecule has 0 unspecified atom stereocenters. The van der Waals surface area contributed by atoms with Gasteiger partial charge in [-0.2, -0.15) is 0 Å². The molecule has 0 saturated carbocycles. The first kappa shape index (κ1) is 30.8. The van der Waals surface area contributed by atoms with Gasteiger partial charge in [-0.1, -0.05) is 37.2 Å². The van der Waals surface area contributed by atoms with Crippen LogP contribution in [0.4, 0.5) is 0 Å². The third-order valence-electron chi connectivity index (χ3n) is 4.69. The summed E-state index contributed by atoms with van der Waals surface area (Å²) in [5, 5.41) is 6.18. The molecule has 0 bridgehead atoms. The number of amides is 1. The van der Waals surface area contributed by atoms with Crippen LogP contribution in [-0.2, 0) is 33.6 Å². The largest absolute Gasteiger partial charge is 0.379 e. The molecule has 0 aliphatic carbocycles. The smallest absolute Gasteiger partial charge is 0.222 e. The molecule has 35 heavy (non-hydrogen) atoms. The molecule has 197 valence electrons. The Morgan fingerprint density at radius 1 is 0.971 bits per heavy atom. The second-order valence-electron chi connectivity index (χ2n) is 8.22. The van der Waals surface area contributed by atoms with Crippen molar-refractivity contribution in [2.24, 2.45) is 10.5 Å². The van der Waals surface area contributed by atoms with Crippen LogP contribution >= 0.6 is 0 Å². The molecule has 0 aliphatic rings. The molecule has 0 aromatic heterocycles. The standard InChI is InChI=1S/C23H37N4O7S/c1-23(2,9-19-35(29,30)21-6-4-3-5-7-21)20-25-22(28)8-11-31-13-15-33-17-18-34-16-14-32-12-10-26-27-24/h3-7,9H,8,10-20H2,1-2H3,(H,25,28). The van der Waals surface area contributed by atoms with E-state index in [1.54, 1.807) is 36.8 Å². The van der Waals surface area contributed by atoms with Gasteiger partial charge in [0.15, 0.2) is 9.84 Å². The zero-order valence-corrected chi connectivity index (χ0v) is 21.4. The van der Waals surface area contributed by atoms with E-state index in [0.29, 0.717) is 59.3 Å². The summed E-state index contributed by atoms with van der Waals surface area (Å²) in [5.74, 6) is -0.255. The molecule has 1 rings (SSSR count). The maximum atomic E-state index is 12.4. The number of ether oxygens (including phenoxy) is 4. The highest BCUT2D eigenvalue weighted by Gasteiger charge is 2.24. The Labute approximate surface area is 208 Å². The summed E-state index contributed by atoms with van der Waals surface area (Å²) in [6, 6.07) is 8.31. The van der Waals surface area contributed by atoms with Gasteiger partial charge in [-0.3, -0.25) is 4.79 Å². The van der Waals surface area contributed by atoms with Crippen LogP contribution in [0.1, 0.15) is 20.3 Å². The molecular formula is C23H37N4O7S. The van der Waals surface area contributed by atoms with Gasteiger partial charge < -0.3 is 24.3 Å². The van der Waals surface area contributed by atoms with Crippen LogP contribution in [0.3, 0.4) is 0 Å². The lowest BCUT2D eigenvalue weighted by Gasteiger charge is -2.24. The SMILES string of the molecule is CC(C)([CH]CS(=O)(=O)c1ccccc1)CNC(=O)CCOCCOCCOCCOCCN=[N+]=[N-]. The van der Waals surface area contributed by atoms with E-state index in [0.717, 1.165) is 0 Å². The number of carbonyl (C=O) groups excluding carboxylic acids is 1. The summed E-state index contributed by atoms with van der Waals surface area (Å²) < 4.78 is 46.1. The summed E-state index contributed by atoms with van der Waals surface area (Å²) >= 11 is 0. The zero-order chi connectivity index (χ0) is 25.8. The lowest BCUT2D eigenvalue weighted by atomic mass is 9.90. The fraction of sp³-hybridized carbons (Fsp3) is 0.652. The van der Waals surface area contributed by atoms with Gasteiger partial charge in [0.1, 0.15) is 0 Å². The molecule has 1 N–H and O–H groups in total. The minimum atomic E-state index is -3.40. The van der Waals surface area contributed by atoms with E-state index in [2.05, 4.69) is 15.3 Å². The molecule has 1 radical (unpaired) electrons. The molecule has 0 heterocycles. The van der Waals surface area contributed by atoms with Crippen molar-refractivity contribution in [1.29, 1.82) is 0 Å². The molecule has 1 aromatic carbocycles. The van der Waals surface area contributed by atoms with Gasteiger partial charge in [-0.25, -0.2) is 8.42 Å². The molecule has 1 amide bonds. The summed E-state index contributed by atoms with van der Waals surface area (Å²) in [5.41, 5.74) is 7.64. The van der Waals surface area contributed by atoms with E-state index in [9.17, 15) is 13.2 Å². The van der Waals surface area contributed by atoms with Crippen molar-refractivity contribution in [3.05, 3.63) is 47.2 Å². The number of azide groups is 1. The topological polar surface area (TPSA) is 149 Å². The Morgan fingerprint density at radius 2 is 1.51 bits per heavy atom. The van der Waals surface area contributed by atoms with Gasteiger partial charge in [-0.15, -0.1) is 0 Å². The van der Waals surface area contributed by atoms with E-state index < -0.39 is 15.3 Å². The Bertz CT molecular complexity index is 860. The number of nitrogens with one attached hydrogen (secondary N) is 1. The van der Waals surface area contributed by atoms with Crippen molar-refractivity contribution < 1.29 is 32.2 Å². The number of carbonyl (C=O) groups is 1. The Hall–Kier alpha value is -2.21. The second-order valence-corrected chi connectivity index (χ2v) is 10.3. The highest BCUT2D eigenvalue weighted by Crippen LogP contribution is 2.21. The average molecular weight is 514 g/mol. The molecule has 1 aromatic rings. The van der Waals surface area contributed by atoms with Crippen molar-refractivity contribution in [3.63, 3.8) is 0 Å². The highest BCUT2D eigenvalue weighted by atomic mass is 32.2. The minimum absolute atomic E-state index is 0.0965. The van der Waals surface area contributed by atoms with Crippen LogP contribution in [0.5, 0.6) is 0 Å². The van der Waals surface area contributed by atoms with E-state index in [1.165, 1.54) is 0 Å². The number of benzene rings is 1. The number of hydrogen-bond acceptors (Lipinski definition) is 8. The van der Waals surface area contributed by atoms with Crippen LogP contribution in [0.25, 0.3) is 10.4 Å². The first-order chi connectivity index (χ1) is 16.8. The lowest BCUT2D eigenvalue weighted by molar-refractivity contribution is -0.122. The zero-order valence-electron chi connectivity index (χ0n) is 20.6. The van der Waals surface area contributed by atoms with Gasteiger partial charge in [0.25, 0.3) is 0 Å². The normalized spacial score (nSPS) is 11.7. The van der Waals surface area contributed by atoms with Crippen molar-refractivity contribution in [3.8, 4) is 0 Å². The van der Waals surface area contributed by atoms with Crippen LogP contribution < -0.4 is 5.32 Å². The maximum Gasteiger partial charge on any atom is 0.222 e. The number of hydrogen-bond donors (Lipinski definition) is 1. The molecule has 0 atom stereocenters. The Morgan fingerprint density at radius 3 is 2.09 bits per heavy atom. The fourth-order valence-electron chi connectivity index (χ4n) is 2.62. The molecule has 0 saturated heterocycles. The third kappa shape index (κ3) is 16.2. The van der Waals surface area contributed by atoms with Crippen molar-refractivity contribution in [1.82, 2.24) is 5.32 Å². The summed E-state index contributed by atoms with van der Waals surface area (Å²) in [7, 11) is -3.40. The van der Waals surface area contributed by atoms with Crippen molar-refractivity contribution in [2.75, 3.05) is 71.7 Å². The van der Waals surface area contributed by atoms with Crippen LogP contribution in [0.2, 0.25) is 0 Å². The van der Waals surface area contributed by atoms with E-state index >= 15 is 0 Å². The van der Waals surface area contributed by atoms with E-state index in [1.807, 2.05) is 13.8 Å². The quantitative estimate of drug-likeness (QED) is 0.115. The first-order valence-electron chi connectivity index (χ1n) is 11.5. The lowest BCUT2D eigenvalue weighted by Crippen LogP contribution is -2.36. The molecule has 0 spiro atoms. The van der Waals surface area contributed by atoms with Crippen LogP contribution in [-0.4, -0.2) is 86.0 Å². The summed E-state index contributed by atoms with van der Waals surface area (Å²) in [6.45, 7) is 7.51. The third-order valence-corrected chi connectivity index (χ3v) is 6.28. The predicted octanol–water partition coefficient (Wildman–Crippen LogP) is 2.57. The molecule has 0 fully saturated rings. The maximum absolute atomic E-state index is 12.4. The van der Waals surface area contributed by atoms with E-state index in [4.69, 9.17) is 24.5 Å². The Kier molecular flexibility index (Phi) is 16.0. The van der Waals surface area contributed by atoms with Crippen LogP contribution in [0, 0.1) is 11.8 Å². The van der Waals surface area contributed by atoms with Crippen molar-refractivity contribution in [2.45, 2.75) is 25.2 Å². The highest BCUT2D eigenvalue weighted by molar-refractivity contribution is 7.91. The number of nitrogens with zero attached hydrogens (tertiary/aromatic N) is 3. The van der Waals surface area contributed by atoms with Gasteiger partial charge in [-0.05, 0) is 29.5 Å². The molecular weight excluding hydrogens is 476 g/mol. The molecule has 12 heteroatoms. The molecule has 11 nitrogen and oxygen atoms in total. The first-order valence-corrected chi connectivity index (χ1v) is 13.1. The predicted molar refractivity (Wildman–Crippen MR) is 131 cm³/mol. The van der Waals surface area contributed by atoms with Crippen LogP contribution in [0.15, 0.2) is 40.3 Å². The van der Waals surface area contributed by atoms with E-state index in [-0.39, 0.29) is 29.6 Å². The van der Waals surface area contributed by atoms with Gasteiger partial charge in [0.2, 0.25) is 5.91 Å². The molecule has 0 aliphatic heterocycles. The van der Waals surface area contributed by atoms with Gasteiger partial charge in [0.05, 0.1) is 63.5 Å².